The Labute approximate surface area is 164 Å². The van der Waals surface area contributed by atoms with Crippen molar-refractivity contribution in [2.24, 2.45) is 0 Å². The molecule has 0 bridgehead atoms. The molecule has 2 amide bonds. The van der Waals surface area contributed by atoms with Gasteiger partial charge in [0.05, 0.1) is 9.83 Å². The van der Waals surface area contributed by atoms with E-state index in [0.29, 0.717) is 4.91 Å². The predicted molar refractivity (Wildman–Crippen MR) is 107 cm³/mol. The van der Waals surface area contributed by atoms with Crippen molar-refractivity contribution < 1.29 is 14.5 Å². The molecular formula is C18H13N3O4S2. The third kappa shape index (κ3) is 4.21. The predicted octanol–water partition coefficient (Wildman–Crippen LogP) is 3.45. The summed E-state index contributed by atoms with van der Waals surface area (Å²) < 4.78 is 0.178. The number of nitrogens with zero attached hydrogens (tertiary/aromatic N) is 2. The lowest BCUT2D eigenvalue weighted by Gasteiger charge is -2.15. The third-order valence-electron chi connectivity index (χ3n) is 3.70. The molecule has 1 saturated heterocycles. The minimum atomic E-state index is -0.661. The Hall–Kier alpha value is -3.04. The summed E-state index contributed by atoms with van der Waals surface area (Å²) >= 11 is 6.24. The summed E-state index contributed by atoms with van der Waals surface area (Å²) in [4.78, 5) is 35.5. The van der Waals surface area contributed by atoms with Crippen LogP contribution in [0.15, 0.2) is 53.4 Å². The number of rotatable bonds is 4. The smallest absolute Gasteiger partial charge is 0.267 e. The van der Waals surface area contributed by atoms with Crippen LogP contribution >= 0.6 is 24.0 Å². The number of carbonyl (C=O) groups is 2. The molecule has 1 N–H and O–H groups in total. The van der Waals surface area contributed by atoms with E-state index in [4.69, 9.17) is 12.2 Å². The molecule has 136 valence electrons. The highest BCUT2D eigenvalue weighted by Gasteiger charge is 2.33. The fraction of sp³-hybridized carbons (Fsp3) is 0.0556. The standard InChI is InChI=1S/C18H13N3O4S2/c1-11-5-7-12(8-6-11)9-15-17(23)20(18(26)27-15)19-16(22)13-3-2-4-14(10-13)21(24)25/h2-10H,1H3,(H,19,22). The first-order chi connectivity index (χ1) is 12.8. The van der Waals surface area contributed by atoms with Crippen molar-refractivity contribution >= 4 is 51.9 Å². The minimum Gasteiger partial charge on any atom is -0.267 e. The Kier molecular flexibility index (Phi) is 5.33. The van der Waals surface area contributed by atoms with Crippen molar-refractivity contribution in [2.45, 2.75) is 6.92 Å². The summed E-state index contributed by atoms with van der Waals surface area (Å²) in [5, 5.41) is 11.8. The Bertz CT molecular complexity index is 986. The molecule has 1 aliphatic rings. The van der Waals surface area contributed by atoms with Gasteiger partial charge in [0.25, 0.3) is 17.5 Å². The van der Waals surface area contributed by atoms with E-state index < -0.39 is 16.7 Å². The molecule has 2 aromatic carbocycles. The monoisotopic (exact) mass is 399 g/mol. The molecule has 7 nitrogen and oxygen atoms in total. The zero-order valence-corrected chi connectivity index (χ0v) is 15.7. The lowest BCUT2D eigenvalue weighted by molar-refractivity contribution is -0.384. The van der Waals surface area contributed by atoms with Crippen LogP contribution in [0.25, 0.3) is 6.08 Å². The molecular weight excluding hydrogens is 386 g/mol. The highest BCUT2D eigenvalue weighted by atomic mass is 32.2. The summed E-state index contributed by atoms with van der Waals surface area (Å²) in [6.07, 6.45) is 1.69. The van der Waals surface area contributed by atoms with Gasteiger partial charge >= 0.3 is 0 Å². The topological polar surface area (TPSA) is 92.6 Å². The number of carbonyl (C=O) groups excluding carboxylic acids is 2. The number of benzene rings is 2. The molecule has 0 spiro atoms. The average Bonchev–Trinajstić information content (AvgIpc) is 2.91. The molecule has 1 heterocycles. The molecule has 9 heteroatoms. The van der Waals surface area contributed by atoms with Gasteiger partial charge in [-0.15, -0.1) is 0 Å². The van der Waals surface area contributed by atoms with E-state index in [-0.39, 0.29) is 15.6 Å². The van der Waals surface area contributed by atoms with Crippen molar-refractivity contribution in [3.8, 4) is 0 Å². The van der Waals surface area contributed by atoms with Crippen LogP contribution in [0.2, 0.25) is 0 Å². The number of aryl methyl sites for hydroxylation is 1. The Balaban J connectivity index is 1.77. The van der Waals surface area contributed by atoms with E-state index in [1.165, 1.54) is 18.2 Å². The summed E-state index contributed by atoms with van der Waals surface area (Å²) in [5.74, 6) is -1.11. The van der Waals surface area contributed by atoms with Gasteiger partial charge in [0.1, 0.15) is 0 Å². The highest BCUT2D eigenvalue weighted by Crippen LogP contribution is 2.31. The molecule has 0 aromatic heterocycles. The molecule has 1 fully saturated rings. The molecule has 0 radical (unpaired) electrons. The van der Waals surface area contributed by atoms with E-state index in [2.05, 4.69) is 5.43 Å². The third-order valence-corrected chi connectivity index (χ3v) is 5.00. The first-order valence-corrected chi connectivity index (χ1v) is 8.98. The average molecular weight is 399 g/mol. The summed E-state index contributed by atoms with van der Waals surface area (Å²) in [5.41, 5.74) is 4.19. The maximum Gasteiger partial charge on any atom is 0.285 e. The second-order valence-electron chi connectivity index (χ2n) is 5.68. The molecule has 3 rings (SSSR count). The lowest BCUT2D eigenvalue weighted by Crippen LogP contribution is -2.44. The van der Waals surface area contributed by atoms with E-state index in [1.807, 2.05) is 31.2 Å². The Morgan fingerprint density at radius 3 is 2.63 bits per heavy atom. The number of thiocarbonyl (C=S) groups is 1. The number of amides is 2. The van der Waals surface area contributed by atoms with Gasteiger partial charge in [-0.1, -0.05) is 47.7 Å². The SMILES string of the molecule is Cc1ccc(C=C2SC(=S)N(NC(=O)c3cccc([N+](=O)[O-])c3)C2=O)cc1. The zero-order chi connectivity index (χ0) is 19.6. The van der Waals surface area contributed by atoms with Gasteiger partial charge in [-0.25, -0.2) is 0 Å². The van der Waals surface area contributed by atoms with Crippen LogP contribution in [-0.2, 0) is 4.79 Å². The van der Waals surface area contributed by atoms with Crippen molar-refractivity contribution in [2.75, 3.05) is 0 Å². The van der Waals surface area contributed by atoms with Crippen LogP contribution in [0.3, 0.4) is 0 Å². The molecule has 27 heavy (non-hydrogen) atoms. The first kappa shape index (κ1) is 18.7. The van der Waals surface area contributed by atoms with E-state index in [0.717, 1.165) is 34.0 Å². The number of hydrazine groups is 1. The number of hydrogen-bond donors (Lipinski definition) is 1. The molecule has 0 aliphatic carbocycles. The zero-order valence-electron chi connectivity index (χ0n) is 14.0. The largest absolute Gasteiger partial charge is 0.285 e. The number of nitro benzene ring substituents is 1. The van der Waals surface area contributed by atoms with E-state index in [1.54, 1.807) is 6.08 Å². The van der Waals surface area contributed by atoms with Crippen molar-refractivity contribution in [1.29, 1.82) is 0 Å². The fourth-order valence-electron chi connectivity index (χ4n) is 2.30. The number of nitrogens with one attached hydrogen (secondary N) is 1. The van der Waals surface area contributed by atoms with Gasteiger partial charge in [0.2, 0.25) is 0 Å². The second-order valence-corrected chi connectivity index (χ2v) is 7.35. The van der Waals surface area contributed by atoms with Crippen molar-refractivity contribution in [3.05, 3.63) is 80.2 Å². The van der Waals surface area contributed by atoms with Crippen molar-refractivity contribution in [1.82, 2.24) is 10.4 Å². The normalized spacial score (nSPS) is 15.3. The number of non-ortho nitro benzene ring substituents is 1. The Morgan fingerprint density at radius 1 is 1.26 bits per heavy atom. The van der Waals surface area contributed by atoms with Gasteiger partial charge in [-0.2, -0.15) is 5.01 Å². The quantitative estimate of drug-likeness (QED) is 0.366. The molecule has 0 saturated carbocycles. The summed E-state index contributed by atoms with van der Waals surface area (Å²) in [6.45, 7) is 1.96. The van der Waals surface area contributed by atoms with Crippen LogP contribution < -0.4 is 5.43 Å². The molecule has 1 aliphatic heterocycles. The minimum absolute atomic E-state index is 0.0563. The van der Waals surface area contributed by atoms with Gasteiger partial charge in [-0.05, 0) is 36.8 Å². The fourth-order valence-corrected chi connectivity index (χ4v) is 3.48. The number of hydrogen-bond acceptors (Lipinski definition) is 6. The summed E-state index contributed by atoms with van der Waals surface area (Å²) in [6, 6.07) is 12.8. The molecule has 2 aromatic rings. The molecule has 0 atom stereocenters. The van der Waals surface area contributed by atoms with Gasteiger partial charge in [-0.3, -0.25) is 25.1 Å². The number of nitro groups is 1. The van der Waals surface area contributed by atoms with Gasteiger partial charge in [0.15, 0.2) is 4.32 Å². The van der Waals surface area contributed by atoms with Crippen LogP contribution in [-0.4, -0.2) is 26.1 Å². The number of thioether (sulfide) groups is 1. The maximum absolute atomic E-state index is 12.6. The lowest BCUT2D eigenvalue weighted by atomic mass is 10.1. The van der Waals surface area contributed by atoms with Crippen molar-refractivity contribution in [3.63, 3.8) is 0 Å². The second kappa shape index (κ2) is 7.68. The Morgan fingerprint density at radius 2 is 1.96 bits per heavy atom. The van der Waals surface area contributed by atoms with E-state index in [9.17, 15) is 19.7 Å². The molecule has 0 unspecified atom stereocenters. The van der Waals surface area contributed by atoms with E-state index >= 15 is 0 Å². The van der Waals surface area contributed by atoms with Crippen LogP contribution in [0.1, 0.15) is 21.5 Å². The van der Waals surface area contributed by atoms with Crippen LogP contribution in [0, 0.1) is 17.0 Å². The van der Waals surface area contributed by atoms with Gasteiger partial charge < -0.3 is 0 Å². The van der Waals surface area contributed by atoms with Gasteiger partial charge in [0, 0.05) is 17.7 Å². The summed E-state index contributed by atoms with van der Waals surface area (Å²) in [7, 11) is 0. The maximum atomic E-state index is 12.6. The highest BCUT2D eigenvalue weighted by molar-refractivity contribution is 8.26. The van der Waals surface area contributed by atoms with Crippen LogP contribution in [0.5, 0.6) is 0 Å². The first-order valence-electron chi connectivity index (χ1n) is 7.75. The van der Waals surface area contributed by atoms with Crippen LogP contribution in [0.4, 0.5) is 5.69 Å².